The molecule has 74 valence electrons. The third kappa shape index (κ3) is 6.92. The fourth-order valence-corrected chi connectivity index (χ4v) is 0.849. The van der Waals surface area contributed by atoms with Gasteiger partial charge in [0.25, 0.3) is 0 Å². The second-order valence-corrected chi connectivity index (χ2v) is 2.45. The largest absolute Gasteiger partial charge is 0.474 e. The van der Waals surface area contributed by atoms with Crippen LogP contribution in [0.3, 0.4) is 0 Å². The Morgan fingerprint density at radius 1 is 1.00 bits per heavy atom. The van der Waals surface area contributed by atoms with E-state index in [4.69, 9.17) is 0 Å². The first-order valence-electron chi connectivity index (χ1n) is 4.37. The van der Waals surface area contributed by atoms with Gasteiger partial charge in [0.2, 0.25) is 0 Å². The normalized spacial score (nSPS) is 7.71. The van der Waals surface area contributed by atoms with Crippen LogP contribution in [0.15, 0.2) is 68.7 Å². The van der Waals surface area contributed by atoms with Crippen molar-refractivity contribution in [3.63, 3.8) is 0 Å². The van der Waals surface area contributed by atoms with Crippen LogP contribution in [-0.4, -0.2) is 0 Å². The lowest BCUT2D eigenvalue weighted by molar-refractivity contribution is 0.406. The van der Waals surface area contributed by atoms with Crippen molar-refractivity contribution < 1.29 is 4.74 Å². The highest BCUT2D eigenvalue weighted by atomic mass is 16.5. The Morgan fingerprint density at radius 2 is 1.57 bits per heavy atom. The number of benzene rings is 1. The fraction of sp³-hybridized carbons (Fsp3) is 0.0769. The van der Waals surface area contributed by atoms with Crippen molar-refractivity contribution in [2.24, 2.45) is 0 Å². The van der Waals surface area contributed by atoms with Crippen LogP contribution in [0, 0.1) is 0 Å². The average Bonchev–Trinajstić information content (AvgIpc) is 2.22. The molecular formula is C13H16O. The van der Waals surface area contributed by atoms with E-state index in [1.807, 2.05) is 24.3 Å². The molecule has 1 aromatic carbocycles. The molecule has 1 heteroatoms. The van der Waals surface area contributed by atoms with Crippen LogP contribution >= 0.6 is 0 Å². The molecule has 0 unspecified atom stereocenters. The van der Waals surface area contributed by atoms with Gasteiger partial charge in [0.15, 0.2) is 0 Å². The average molecular weight is 188 g/mol. The smallest absolute Gasteiger partial charge is 0.0829 e. The zero-order chi connectivity index (χ0) is 10.6. The van der Waals surface area contributed by atoms with E-state index in [-0.39, 0.29) is 0 Å². The van der Waals surface area contributed by atoms with E-state index >= 15 is 0 Å². The molecule has 0 bridgehead atoms. The summed E-state index contributed by atoms with van der Waals surface area (Å²) in [6, 6.07) is 10.3. The molecule has 0 fully saturated rings. The van der Waals surface area contributed by atoms with E-state index in [0.29, 0.717) is 0 Å². The van der Waals surface area contributed by atoms with Crippen LogP contribution in [0.5, 0.6) is 0 Å². The maximum Gasteiger partial charge on any atom is 0.0829 e. The number of rotatable bonds is 4. The minimum absolute atomic E-state index is 0.973. The second-order valence-electron chi connectivity index (χ2n) is 2.45. The molecule has 0 amide bonds. The van der Waals surface area contributed by atoms with Crippen molar-refractivity contribution >= 4 is 0 Å². The molecular weight excluding hydrogens is 172 g/mol. The molecule has 0 radical (unpaired) electrons. The van der Waals surface area contributed by atoms with E-state index in [0.717, 1.165) is 6.42 Å². The monoisotopic (exact) mass is 188 g/mol. The fourth-order valence-electron chi connectivity index (χ4n) is 0.849. The Hall–Kier alpha value is -1.76. The van der Waals surface area contributed by atoms with Crippen LogP contribution in [0.4, 0.5) is 0 Å². The number of allylic oxidation sites excluding steroid dienone is 1. The van der Waals surface area contributed by atoms with Gasteiger partial charge < -0.3 is 4.74 Å². The van der Waals surface area contributed by atoms with Gasteiger partial charge in [-0.2, -0.15) is 0 Å². The summed E-state index contributed by atoms with van der Waals surface area (Å²) in [6.07, 6.45) is 5.51. The molecule has 0 saturated heterocycles. The van der Waals surface area contributed by atoms with Crippen molar-refractivity contribution in [1.82, 2.24) is 0 Å². The first-order chi connectivity index (χ1) is 6.85. The molecule has 14 heavy (non-hydrogen) atoms. The molecule has 0 aliphatic rings. The van der Waals surface area contributed by atoms with Crippen molar-refractivity contribution in [2.75, 3.05) is 0 Å². The third-order valence-electron chi connectivity index (χ3n) is 1.42. The molecule has 0 saturated carbocycles. The van der Waals surface area contributed by atoms with Crippen molar-refractivity contribution in [1.29, 1.82) is 0 Å². The first-order valence-corrected chi connectivity index (χ1v) is 4.37. The molecule has 1 aromatic rings. The van der Waals surface area contributed by atoms with Gasteiger partial charge in [0, 0.05) is 0 Å². The zero-order valence-corrected chi connectivity index (χ0v) is 8.36. The van der Waals surface area contributed by atoms with E-state index in [1.165, 1.54) is 18.1 Å². The molecule has 0 spiro atoms. The topological polar surface area (TPSA) is 9.23 Å². The number of hydrogen-bond acceptors (Lipinski definition) is 1. The van der Waals surface area contributed by atoms with Crippen molar-refractivity contribution in [3.8, 4) is 0 Å². The summed E-state index contributed by atoms with van der Waals surface area (Å²) < 4.78 is 4.36. The SMILES string of the molecule is C=CCc1ccccc1.C=COC=C. The lowest BCUT2D eigenvalue weighted by Gasteiger charge is -1.91. The Labute approximate surface area is 86.0 Å². The minimum atomic E-state index is 0.973. The lowest BCUT2D eigenvalue weighted by atomic mass is 10.2. The van der Waals surface area contributed by atoms with Gasteiger partial charge >= 0.3 is 0 Å². The predicted molar refractivity (Wildman–Crippen MR) is 61.8 cm³/mol. The highest BCUT2D eigenvalue weighted by Crippen LogP contribution is 1.98. The lowest BCUT2D eigenvalue weighted by Crippen LogP contribution is -1.75. The Balaban J connectivity index is 0.000000292. The predicted octanol–water partition coefficient (Wildman–Crippen LogP) is 3.71. The van der Waals surface area contributed by atoms with E-state index in [1.54, 1.807) is 0 Å². The molecule has 0 atom stereocenters. The highest BCUT2D eigenvalue weighted by molar-refractivity contribution is 5.16. The van der Waals surface area contributed by atoms with Gasteiger partial charge in [-0.25, -0.2) is 0 Å². The molecule has 1 nitrogen and oxygen atoms in total. The van der Waals surface area contributed by atoms with E-state index < -0.39 is 0 Å². The second kappa shape index (κ2) is 9.33. The van der Waals surface area contributed by atoms with Gasteiger partial charge in [0.1, 0.15) is 0 Å². The van der Waals surface area contributed by atoms with Crippen LogP contribution in [0.2, 0.25) is 0 Å². The summed E-state index contributed by atoms with van der Waals surface area (Å²) in [5.41, 5.74) is 1.33. The summed E-state index contributed by atoms with van der Waals surface area (Å²) in [6.45, 7) is 10.2. The van der Waals surface area contributed by atoms with Crippen LogP contribution in [0.1, 0.15) is 5.56 Å². The Morgan fingerprint density at radius 3 is 1.93 bits per heavy atom. The summed E-state index contributed by atoms with van der Waals surface area (Å²) in [5, 5.41) is 0. The van der Waals surface area contributed by atoms with Crippen molar-refractivity contribution in [2.45, 2.75) is 6.42 Å². The Bertz CT molecular complexity index is 256. The maximum atomic E-state index is 4.36. The van der Waals surface area contributed by atoms with Gasteiger partial charge in [-0.1, -0.05) is 49.6 Å². The Kier molecular flexibility index (Phi) is 8.16. The van der Waals surface area contributed by atoms with Crippen molar-refractivity contribution in [3.05, 3.63) is 74.2 Å². The maximum absolute atomic E-state index is 4.36. The molecule has 0 aromatic heterocycles. The van der Waals surface area contributed by atoms with Gasteiger partial charge in [-0.05, 0) is 12.0 Å². The molecule has 0 aliphatic carbocycles. The number of ether oxygens (including phenoxy) is 1. The molecule has 0 aliphatic heterocycles. The molecule has 1 rings (SSSR count). The quantitative estimate of drug-likeness (QED) is 0.517. The third-order valence-corrected chi connectivity index (χ3v) is 1.42. The van der Waals surface area contributed by atoms with Crippen LogP contribution in [0.25, 0.3) is 0 Å². The minimum Gasteiger partial charge on any atom is -0.474 e. The number of hydrogen-bond donors (Lipinski definition) is 0. The summed E-state index contributed by atoms with van der Waals surface area (Å²) in [5.74, 6) is 0. The molecule has 0 heterocycles. The zero-order valence-electron chi connectivity index (χ0n) is 8.36. The first kappa shape index (κ1) is 12.2. The van der Waals surface area contributed by atoms with Crippen LogP contribution in [-0.2, 0) is 11.2 Å². The summed E-state index contributed by atoms with van der Waals surface area (Å²) in [7, 11) is 0. The highest BCUT2D eigenvalue weighted by Gasteiger charge is 1.82. The molecule has 0 N–H and O–H groups in total. The van der Waals surface area contributed by atoms with Gasteiger partial charge in [-0.3, -0.25) is 0 Å². The standard InChI is InChI=1S/C9H10.C4H6O/c1-2-6-9-7-4-3-5-8-9;1-3-5-4-2/h2-5,7-8H,1,6H2;3-4H,1-2H2. The van der Waals surface area contributed by atoms with E-state index in [9.17, 15) is 0 Å². The van der Waals surface area contributed by atoms with Crippen LogP contribution < -0.4 is 0 Å². The van der Waals surface area contributed by atoms with Gasteiger partial charge in [0.05, 0.1) is 12.5 Å². The van der Waals surface area contributed by atoms with E-state index in [2.05, 4.69) is 36.6 Å². The summed E-state index contributed by atoms with van der Waals surface area (Å²) in [4.78, 5) is 0. The summed E-state index contributed by atoms with van der Waals surface area (Å²) >= 11 is 0. The van der Waals surface area contributed by atoms with Gasteiger partial charge in [-0.15, -0.1) is 6.58 Å².